The molecule has 2 rings (SSSR count). The second-order valence-corrected chi connectivity index (χ2v) is 5.97. The van der Waals surface area contributed by atoms with E-state index in [-0.39, 0.29) is 4.90 Å². The molecule has 0 radical (unpaired) electrons. The first kappa shape index (κ1) is 13.8. The predicted octanol–water partition coefficient (Wildman–Crippen LogP) is 2.93. The van der Waals surface area contributed by atoms with E-state index in [0.29, 0.717) is 17.3 Å². The molecule has 0 saturated carbocycles. The number of nitrogens with zero attached hydrogens (tertiary/aromatic N) is 1. The summed E-state index contributed by atoms with van der Waals surface area (Å²) in [6, 6.07) is 9.81. The fraction of sp³-hybridized carbons (Fsp3) is 0.154. The van der Waals surface area contributed by atoms with E-state index < -0.39 is 10.0 Å². The highest BCUT2D eigenvalue weighted by Crippen LogP contribution is 2.18. The summed E-state index contributed by atoms with van der Waals surface area (Å²) in [5, 5.41) is 0. The molecule has 0 spiro atoms. The zero-order valence-electron chi connectivity index (χ0n) is 10.3. The fourth-order valence-electron chi connectivity index (χ4n) is 1.55. The molecule has 0 bridgehead atoms. The topological polar surface area (TPSA) is 59.1 Å². The molecule has 1 heterocycles. The van der Waals surface area contributed by atoms with Crippen molar-refractivity contribution in [2.45, 2.75) is 17.7 Å². The number of benzene rings is 1. The summed E-state index contributed by atoms with van der Waals surface area (Å²) in [5.41, 5.74) is 1.98. The van der Waals surface area contributed by atoms with Crippen molar-refractivity contribution in [1.82, 2.24) is 4.98 Å². The van der Waals surface area contributed by atoms with Crippen LogP contribution in [0.5, 0.6) is 0 Å². The van der Waals surface area contributed by atoms with Gasteiger partial charge in [-0.1, -0.05) is 12.1 Å². The van der Waals surface area contributed by atoms with Gasteiger partial charge in [-0.2, -0.15) is 0 Å². The molecule has 1 N–H and O–H groups in total. The first-order valence-corrected chi connectivity index (χ1v) is 7.64. The Hall–Kier alpha value is -1.59. The van der Waals surface area contributed by atoms with Crippen LogP contribution in [0.4, 0.5) is 5.69 Å². The lowest BCUT2D eigenvalue weighted by atomic mass is 10.2. The van der Waals surface area contributed by atoms with Crippen LogP contribution in [0.15, 0.2) is 47.5 Å². The van der Waals surface area contributed by atoms with Crippen molar-refractivity contribution in [2.75, 3.05) is 4.72 Å². The van der Waals surface area contributed by atoms with Gasteiger partial charge in [-0.25, -0.2) is 8.42 Å². The third-order valence-electron chi connectivity index (χ3n) is 2.64. The maximum atomic E-state index is 12.2. The van der Waals surface area contributed by atoms with E-state index in [0.717, 1.165) is 5.56 Å². The van der Waals surface area contributed by atoms with E-state index in [4.69, 9.17) is 11.6 Å². The Balaban J connectivity index is 2.30. The molecule has 0 unspecified atom stereocenters. The van der Waals surface area contributed by atoms with Gasteiger partial charge in [-0.15, -0.1) is 11.6 Å². The van der Waals surface area contributed by atoms with Crippen molar-refractivity contribution in [3.05, 3.63) is 53.9 Å². The van der Waals surface area contributed by atoms with Crippen LogP contribution >= 0.6 is 11.6 Å². The fourth-order valence-corrected chi connectivity index (χ4v) is 2.85. The summed E-state index contributed by atoms with van der Waals surface area (Å²) in [6.07, 6.45) is 1.61. The van der Waals surface area contributed by atoms with E-state index in [9.17, 15) is 8.42 Å². The summed E-state index contributed by atoms with van der Waals surface area (Å²) in [4.78, 5) is 4.24. The van der Waals surface area contributed by atoms with E-state index in [1.54, 1.807) is 37.4 Å². The number of hydrogen-bond donors (Lipinski definition) is 1. The van der Waals surface area contributed by atoms with Gasteiger partial charge in [0.05, 0.1) is 16.3 Å². The van der Waals surface area contributed by atoms with E-state index in [1.165, 1.54) is 12.1 Å². The molecule has 4 nitrogen and oxygen atoms in total. The molecule has 2 aromatic rings. The third kappa shape index (κ3) is 3.24. The Morgan fingerprint density at radius 1 is 1.21 bits per heavy atom. The van der Waals surface area contributed by atoms with Crippen molar-refractivity contribution >= 4 is 27.3 Å². The molecular weight excluding hydrogens is 284 g/mol. The summed E-state index contributed by atoms with van der Waals surface area (Å²) in [6.45, 7) is 1.74. The van der Waals surface area contributed by atoms with Gasteiger partial charge in [0.25, 0.3) is 10.0 Å². The van der Waals surface area contributed by atoms with Crippen molar-refractivity contribution in [1.29, 1.82) is 0 Å². The Labute approximate surface area is 117 Å². The van der Waals surface area contributed by atoms with Crippen LogP contribution in [0, 0.1) is 6.92 Å². The highest BCUT2D eigenvalue weighted by molar-refractivity contribution is 7.92. The van der Waals surface area contributed by atoms with Gasteiger partial charge in [0.1, 0.15) is 0 Å². The van der Waals surface area contributed by atoms with Gasteiger partial charge in [-0.3, -0.25) is 9.71 Å². The Morgan fingerprint density at radius 2 is 1.89 bits per heavy atom. The van der Waals surface area contributed by atoms with Crippen LogP contribution in [0.25, 0.3) is 0 Å². The summed E-state index contributed by atoms with van der Waals surface area (Å²) in [7, 11) is -3.59. The number of aryl methyl sites for hydroxylation is 1. The first-order chi connectivity index (χ1) is 9.03. The molecule has 0 atom stereocenters. The molecule has 0 aliphatic heterocycles. The lowest BCUT2D eigenvalue weighted by Gasteiger charge is -2.09. The van der Waals surface area contributed by atoms with Crippen LogP contribution in [-0.4, -0.2) is 13.4 Å². The minimum atomic E-state index is -3.59. The molecule has 100 valence electrons. The lowest BCUT2D eigenvalue weighted by Crippen LogP contribution is -2.14. The molecule has 0 amide bonds. The average molecular weight is 297 g/mol. The quantitative estimate of drug-likeness (QED) is 0.883. The molecule has 1 aromatic heterocycles. The van der Waals surface area contributed by atoms with Crippen molar-refractivity contribution in [3.8, 4) is 0 Å². The van der Waals surface area contributed by atoms with Crippen molar-refractivity contribution in [2.24, 2.45) is 0 Å². The van der Waals surface area contributed by atoms with Crippen LogP contribution < -0.4 is 4.72 Å². The number of halogens is 1. The van der Waals surface area contributed by atoms with Crippen molar-refractivity contribution in [3.63, 3.8) is 0 Å². The van der Waals surface area contributed by atoms with Crippen LogP contribution in [0.3, 0.4) is 0 Å². The van der Waals surface area contributed by atoms with Gasteiger partial charge in [0, 0.05) is 12.1 Å². The smallest absolute Gasteiger partial charge is 0.261 e. The average Bonchev–Trinajstić information content (AvgIpc) is 2.41. The molecule has 1 aromatic carbocycles. The van der Waals surface area contributed by atoms with Gasteiger partial charge < -0.3 is 0 Å². The Bertz CT molecular complexity index is 669. The van der Waals surface area contributed by atoms with Gasteiger partial charge in [0.15, 0.2) is 0 Å². The summed E-state index contributed by atoms with van der Waals surface area (Å²) >= 11 is 5.67. The Kier molecular flexibility index (Phi) is 4.07. The standard InChI is InChI=1S/C13H13ClN2O2S/c1-10-13(3-2-8-15-10)16-19(17,18)12-6-4-11(9-14)5-7-12/h2-8,16H,9H2,1H3. The van der Waals surface area contributed by atoms with Crippen LogP contribution in [0.1, 0.15) is 11.3 Å². The molecule has 0 saturated heterocycles. The van der Waals surface area contributed by atoms with E-state index >= 15 is 0 Å². The number of anilines is 1. The van der Waals surface area contributed by atoms with E-state index in [1.807, 2.05) is 0 Å². The maximum Gasteiger partial charge on any atom is 0.261 e. The van der Waals surface area contributed by atoms with Gasteiger partial charge >= 0.3 is 0 Å². The monoisotopic (exact) mass is 296 g/mol. The number of alkyl halides is 1. The first-order valence-electron chi connectivity index (χ1n) is 5.62. The number of nitrogens with one attached hydrogen (secondary N) is 1. The largest absolute Gasteiger partial charge is 0.278 e. The number of hydrogen-bond acceptors (Lipinski definition) is 3. The zero-order chi connectivity index (χ0) is 13.9. The summed E-state index contributed by atoms with van der Waals surface area (Å²) in [5.74, 6) is 0.357. The molecule has 6 heteroatoms. The molecule has 0 aliphatic rings. The number of pyridine rings is 1. The Morgan fingerprint density at radius 3 is 2.47 bits per heavy atom. The molecule has 0 aliphatic carbocycles. The zero-order valence-corrected chi connectivity index (χ0v) is 11.9. The maximum absolute atomic E-state index is 12.2. The number of sulfonamides is 1. The van der Waals surface area contributed by atoms with Crippen LogP contribution in [0.2, 0.25) is 0 Å². The third-order valence-corrected chi connectivity index (χ3v) is 4.33. The SMILES string of the molecule is Cc1ncccc1NS(=O)(=O)c1ccc(CCl)cc1. The predicted molar refractivity (Wildman–Crippen MR) is 75.8 cm³/mol. The minimum absolute atomic E-state index is 0.199. The number of rotatable bonds is 4. The van der Waals surface area contributed by atoms with Gasteiger partial charge in [-0.05, 0) is 36.8 Å². The molecule has 0 fully saturated rings. The molecule has 19 heavy (non-hydrogen) atoms. The summed E-state index contributed by atoms with van der Waals surface area (Å²) < 4.78 is 26.9. The molecular formula is C13H13ClN2O2S. The lowest BCUT2D eigenvalue weighted by molar-refractivity contribution is 0.601. The van der Waals surface area contributed by atoms with Crippen LogP contribution in [-0.2, 0) is 15.9 Å². The van der Waals surface area contributed by atoms with E-state index in [2.05, 4.69) is 9.71 Å². The van der Waals surface area contributed by atoms with Gasteiger partial charge in [0.2, 0.25) is 0 Å². The minimum Gasteiger partial charge on any atom is -0.278 e. The highest BCUT2D eigenvalue weighted by Gasteiger charge is 2.15. The second-order valence-electron chi connectivity index (χ2n) is 4.02. The van der Waals surface area contributed by atoms with Crippen molar-refractivity contribution < 1.29 is 8.42 Å². The normalized spacial score (nSPS) is 11.3. The highest BCUT2D eigenvalue weighted by atomic mass is 35.5. The number of aromatic nitrogens is 1. The second kappa shape index (κ2) is 5.59.